The third kappa shape index (κ3) is 1.54. The van der Waals surface area contributed by atoms with E-state index in [4.69, 9.17) is 0 Å². The second-order valence-corrected chi connectivity index (χ2v) is 4.02. The van der Waals surface area contributed by atoms with E-state index in [2.05, 4.69) is 20.3 Å². The molecule has 5 heteroatoms. The van der Waals surface area contributed by atoms with Gasteiger partial charge >= 0.3 is 0 Å². The molecule has 1 N–H and O–H groups in total. The lowest BCUT2D eigenvalue weighted by atomic mass is 10.3. The molecular weight excluding hydrogens is 190 g/mol. The van der Waals surface area contributed by atoms with Gasteiger partial charge in [0.15, 0.2) is 5.82 Å². The first-order valence-corrected chi connectivity index (χ1v) is 5.26. The van der Waals surface area contributed by atoms with Crippen LogP contribution in [0.15, 0.2) is 18.5 Å². The van der Waals surface area contributed by atoms with Crippen molar-refractivity contribution in [1.29, 1.82) is 0 Å². The van der Waals surface area contributed by atoms with Gasteiger partial charge in [0.2, 0.25) is 0 Å². The smallest absolute Gasteiger partial charge is 0.174 e. The van der Waals surface area contributed by atoms with Crippen LogP contribution >= 0.6 is 0 Å². The summed E-state index contributed by atoms with van der Waals surface area (Å²) in [7, 11) is 0. The number of rotatable bonds is 3. The molecule has 1 aliphatic carbocycles. The molecule has 1 atom stereocenters. The molecule has 0 aromatic carbocycles. The van der Waals surface area contributed by atoms with E-state index in [1.165, 1.54) is 12.8 Å². The van der Waals surface area contributed by atoms with E-state index in [-0.39, 0.29) is 6.04 Å². The largest absolute Gasteiger partial charge is 0.263 e. The van der Waals surface area contributed by atoms with E-state index in [9.17, 15) is 0 Å². The summed E-state index contributed by atoms with van der Waals surface area (Å²) >= 11 is 0. The van der Waals surface area contributed by atoms with Crippen molar-refractivity contribution in [2.75, 3.05) is 0 Å². The van der Waals surface area contributed by atoms with Crippen molar-refractivity contribution < 1.29 is 0 Å². The lowest BCUT2D eigenvalue weighted by Gasteiger charge is -2.06. The summed E-state index contributed by atoms with van der Waals surface area (Å²) in [6, 6.07) is 2.01. The molecule has 78 valence electrons. The Hall–Kier alpha value is -1.65. The molecule has 0 amide bonds. The van der Waals surface area contributed by atoms with Crippen LogP contribution in [0.1, 0.15) is 43.4 Å². The van der Waals surface area contributed by atoms with Gasteiger partial charge in [0, 0.05) is 18.3 Å². The molecule has 1 saturated carbocycles. The number of nitrogens with one attached hydrogen (secondary N) is 1. The van der Waals surface area contributed by atoms with Gasteiger partial charge in [-0.05, 0) is 25.8 Å². The number of aromatic amines is 1. The van der Waals surface area contributed by atoms with Crippen LogP contribution in [0.3, 0.4) is 0 Å². The van der Waals surface area contributed by atoms with Crippen LogP contribution in [-0.2, 0) is 0 Å². The summed E-state index contributed by atoms with van der Waals surface area (Å²) in [5.74, 6) is 2.47. The van der Waals surface area contributed by atoms with E-state index in [1.807, 2.05) is 23.9 Å². The van der Waals surface area contributed by atoms with Gasteiger partial charge in [-0.15, -0.1) is 0 Å². The van der Waals surface area contributed by atoms with Gasteiger partial charge in [-0.25, -0.2) is 4.98 Å². The van der Waals surface area contributed by atoms with Gasteiger partial charge in [0.05, 0.1) is 0 Å². The zero-order valence-electron chi connectivity index (χ0n) is 8.59. The normalized spacial score (nSPS) is 17.9. The molecule has 0 bridgehead atoms. The third-order valence-electron chi connectivity index (χ3n) is 2.78. The van der Waals surface area contributed by atoms with Crippen LogP contribution in [0.2, 0.25) is 0 Å². The van der Waals surface area contributed by atoms with Crippen LogP contribution in [0.4, 0.5) is 0 Å². The van der Waals surface area contributed by atoms with Crippen molar-refractivity contribution in [3.63, 3.8) is 0 Å². The van der Waals surface area contributed by atoms with E-state index >= 15 is 0 Å². The number of hydrogen-bond donors (Lipinski definition) is 1. The van der Waals surface area contributed by atoms with Crippen molar-refractivity contribution in [2.45, 2.75) is 31.7 Å². The number of aromatic nitrogens is 5. The Bertz CT molecular complexity index is 440. The van der Waals surface area contributed by atoms with E-state index in [1.54, 1.807) is 6.20 Å². The average molecular weight is 203 g/mol. The minimum atomic E-state index is 0.101. The third-order valence-corrected chi connectivity index (χ3v) is 2.78. The lowest BCUT2D eigenvalue weighted by molar-refractivity contribution is 0.538. The molecule has 3 rings (SSSR count). The van der Waals surface area contributed by atoms with Crippen LogP contribution in [0, 0.1) is 0 Å². The molecule has 1 fully saturated rings. The Kier molecular flexibility index (Phi) is 1.83. The fraction of sp³-hybridized carbons (Fsp3) is 0.500. The van der Waals surface area contributed by atoms with Crippen molar-refractivity contribution in [3.05, 3.63) is 30.1 Å². The van der Waals surface area contributed by atoms with Gasteiger partial charge in [-0.1, -0.05) is 0 Å². The molecular formula is C10H13N5. The van der Waals surface area contributed by atoms with E-state index in [0.717, 1.165) is 11.6 Å². The number of hydrogen-bond acceptors (Lipinski definition) is 3. The molecule has 0 saturated heterocycles. The Morgan fingerprint density at radius 3 is 3.07 bits per heavy atom. The highest BCUT2D eigenvalue weighted by Crippen LogP contribution is 2.38. The fourth-order valence-electron chi connectivity index (χ4n) is 1.64. The van der Waals surface area contributed by atoms with Crippen LogP contribution < -0.4 is 0 Å². The van der Waals surface area contributed by atoms with Crippen LogP contribution in [0.25, 0.3) is 0 Å². The quantitative estimate of drug-likeness (QED) is 0.822. The first-order valence-electron chi connectivity index (χ1n) is 5.26. The van der Waals surface area contributed by atoms with Crippen molar-refractivity contribution in [3.8, 4) is 0 Å². The summed E-state index contributed by atoms with van der Waals surface area (Å²) in [6.45, 7) is 2.05. The Balaban J connectivity index is 1.85. The second kappa shape index (κ2) is 3.18. The summed E-state index contributed by atoms with van der Waals surface area (Å²) in [4.78, 5) is 4.50. The molecule has 2 heterocycles. The zero-order chi connectivity index (χ0) is 10.3. The lowest BCUT2D eigenvalue weighted by Crippen LogP contribution is -2.08. The fourth-order valence-corrected chi connectivity index (χ4v) is 1.64. The monoisotopic (exact) mass is 203 g/mol. The average Bonchev–Trinajstić information content (AvgIpc) is 2.83. The van der Waals surface area contributed by atoms with Gasteiger partial charge in [-0.2, -0.15) is 10.2 Å². The summed E-state index contributed by atoms with van der Waals surface area (Å²) < 4.78 is 1.86. The summed E-state index contributed by atoms with van der Waals surface area (Å²) in [5, 5.41) is 11.4. The second-order valence-electron chi connectivity index (χ2n) is 4.02. The Labute approximate surface area is 87.5 Å². The standard InChI is InChI=1S/C10H13N5/c1-7(15-6-2-5-11-15)9-12-10(14-13-9)8-3-4-8/h2,5-8H,3-4H2,1H3,(H,12,13,14). The maximum Gasteiger partial charge on any atom is 0.174 e. The zero-order valence-corrected chi connectivity index (χ0v) is 8.59. The van der Waals surface area contributed by atoms with Crippen molar-refractivity contribution in [1.82, 2.24) is 25.0 Å². The molecule has 2 aromatic heterocycles. The maximum absolute atomic E-state index is 4.50. The Morgan fingerprint density at radius 2 is 2.40 bits per heavy atom. The highest BCUT2D eigenvalue weighted by molar-refractivity contribution is 5.07. The predicted molar refractivity (Wildman–Crippen MR) is 54.4 cm³/mol. The first-order chi connectivity index (χ1) is 7.34. The molecule has 15 heavy (non-hydrogen) atoms. The molecule has 1 aliphatic rings. The SMILES string of the molecule is CC(c1n[nH]c(C2CC2)n1)n1cccn1. The highest BCUT2D eigenvalue weighted by atomic mass is 15.3. The Morgan fingerprint density at radius 1 is 1.53 bits per heavy atom. The summed E-state index contributed by atoms with van der Waals surface area (Å²) in [6.07, 6.45) is 6.18. The van der Waals surface area contributed by atoms with Crippen molar-refractivity contribution in [2.24, 2.45) is 0 Å². The first kappa shape index (κ1) is 8.64. The van der Waals surface area contributed by atoms with Gasteiger partial charge in [-0.3, -0.25) is 9.78 Å². The number of H-pyrrole nitrogens is 1. The van der Waals surface area contributed by atoms with Crippen molar-refractivity contribution >= 4 is 0 Å². The maximum atomic E-state index is 4.50. The van der Waals surface area contributed by atoms with Gasteiger partial charge in [0.1, 0.15) is 11.9 Å². The van der Waals surface area contributed by atoms with Gasteiger partial charge < -0.3 is 0 Å². The number of nitrogens with zero attached hydrogens (tertiary/aromatic N) is 4. The van der Waals surface area contributed by atoms with E-state index in [0.29, 0.717) is 5.92 Å². The molecule has 2 aromatic rings. The highest BCUT2D eigenvalue weighted by Gasteiger charge is 2.28. The molecule has 5 nitrogen and oxygen atoms in total. The molecule has 0 spiro atoms. The molecule has 1 unspecified atom stereocenters. The van der Waals surface area contributed by atoms with Gasteiger partial charge in [0.25, 0.3) is 0 Å². The van der Waals surface area contributed by atoms with Crippen LogP contribution in [0.5, 0.6) is 0 Å². The minimum Gasteiger partial charge on any atom is -0.263 e. The van der Waals surface area contributed by atoms with E-state index < -0.39 is 0 Å². The summed E-state index contributed by atoms with van der Waals surface area (Å²) in [5.41, 5.74) is 0. The predicted octanol–water partition coefficient (Wildman–Crippen LogP) is 1.49. The van der Waals surface area contributed by atoms with Crippen LogP contribution in [-0.4, -0.2) is 25.0 Å². The molecule has 0 radical (unpaired) electrons. The minimum absolute atomic E-state index is 0.101. The topological polar surface area (TPSA) is 59.4 Å². The molecule has 0 aliphatic heterocycles.